The van der Waals surface area contributed by atoms with Crippen molar-refractivity contribution in [3.05, 3.63) is 64.2 Å². The maximum Gasteiger partial charge on any atom is 0.416 e. The lowest BCUT2D eigenvalue weighted by atomic mass is 9.89. The van der Waals surface area contributed by atoms with Crippen molar-refractivity contribution in [1.82, 2.24) is 4.90 Å². The molecule has 2 aromatic rings. The maximum absolute atomic E-state index is 13.5. The SMILES string of the molecule is CCOC(=O)N1c2ccc(C(F)(F)F)cc2[C@@H](N(Cc2cc(C(F)(F)F)cc(C(F)(F)F)c2)C(N)=O)C[C@H]1C. The van der Waals surface area contributed by atoms with Gasteiger partial charge >= 0.3 is 30.7 Å². The lowest BCUT2D eigenvalue weighted by Crippen LogP contribution is -2.48. The van der Waals surface area contributed by atoms with Crippen LogP contribution in [0.25, 0.3) is 0 Å². The summed E-state index contributed by atoms with van der Waals surface area (Å²) >= 11 is 0. The lowest BCUT2D eigenvalue weighted by molar-refractivity contribution is -0.143. The smallest absolute Gasteiger partial charge is 0.416 e. The van der Waals surface area contributed by atoms with Crippen LogP contribution in [0.1, 0.15) is 54.1 Å². The van der Waals surface area contributed by atoms with E-state index in [2.05, 4.69) is 0 Å². The summed E-state index contributed by atoms with van der Waals surface area (Å²) in [6.45, 7) is 2.03. The Balaban J connectivity index is 2.17. The Bertz CT molecular complexity index is 1210. The Hall–Kier alpha value is -3.65. The molecule has 0 aliphatic carbocycles. The van der Waals surface area contributed by atoms with Gasteiger partial charge in [-0.05, 0) is 67.8 Å². The first-order chi connectivity index (χ1) is 17.8. The summed E-state index contributed by atoms with van der Waals surface area (Å²) < 4.78 is 126. The van der Waals surface area contributed by atoms with Gasteiger partial charge in [0.25, 0.3) is 0 Å². The fourth-order valence-electron chi connectivity index (χ4n) is 4.43. The van der Waals surface area contributed by atoms with Gasteiger partial charge in [0.1, 0.15) is 0 Å². The zero-order valence-corrected chi connectivity index (χ0v) is 20.3. The van der Waals surface area contributed by atoms with Gasteiger partial charge in [0.15, 0.2) is 0 Å². The van der Waals surface area contributed by atoms with E-state index in [-0.39, 0.29) is 30.3 Å². The first-order valence-corrected chi connectivity index (χ1v) is 11.4. The average Bonchev–Trinajstić information content (AvgIpc) is 2.79. The van der Waals surface area contributed by atoms with Gasteiger partial charge in [0.05, 0.1) is 35.0 Å². The van der Waals surface area contributed by atoms with Crippen LogP contribution in [0.3, 0.4) is 0 Å². The fraction of sp³-hybridized carbons (Fsp3) is 0.417. The molecular formula is C24H22F9N3O3. The minimum Gasteiger partial charge on any atom is -0.449 e. The van der Waals surface area contributed by atoms with Crippen LogP contribution >= 0.6 is 0 Å². The zero-order valence-electron chi connectivity index (χ0n) is 20.3. The fourth-order valence-corrected chi connectivity index (χ4v) is 4.43. The van der Waals surface area contributed by atoms with Crippen LogP contribution in [-0.2, 0) is 29.8 Å². The Kier molecular flexibility index (Phi) is 8.04. The summed E-state index contributed by atoms with van der Waals surface area (Å²) in [5.74, 6) is 0. The monoisotopic (exact) mass is 571 g/mol. The van der Waals surface area contributed by atoms with E-state index in [1.165, 1.54) is 13.8 Å². The quantitative estimate of drug-likeness (QED) is 0.397. The van der Waals surface area contributed by atoms with Crippen LogP contribution < -0.4 is 10.6 Å². The highest BCUT2D eigenvalue weighted by Crippen LogP contribution is 2.44. The molecule has 1 aliphatic heterocycles. The molecule has 0 aromatic heterocycles. The Labute approximate surface area is 216 Å². The third-order valence-corrected chi connectivity index (χ3v) is 6.10. The van der Waals surface area contributed by atoms with E-state index in [9.17, 15) is 49.1 Å². The molecule has 2 N–H and O–H groups in total. The molecule has 0 radical (unpaired) electrons. The Morgan fingerprint density at radius 2 is 1.46 bits per heavy atom. The molecule has 0 spiro atoms. The molecule has 0 saturated heterocycles. The van der Waals surface area contributed by atoms with Crippen LogP contribution in [-0.4, -0.2) is 29.7 Å². The number of nitrogens with zero attached hydrogens (tertiary/aromatic N) is 2. The minimum atomic E-state index is -5.17. The highest BCUT2D eigenvalue weighted by Gasteiger charge is 2.42. The third-order valence-electron chi connectivity index (χ3n) is 6.10. The van der Waals surface area contributed by atoms with Gasteiger partial charge in [0, 0.05) is 12.6 Å². The van der Waals surface area contributed by atoms with Gasteiger partial charge in [-0.25, -0.2) is 9.59 Å². The summed E-state index contributed by atoms with van der Waals surface area (Å²) in [4.78, 5) is 26.8. The maximum atomic E-state index is 13.5. The lowest BCUT2D eigenvalue weighted by Gasteiger charge is -2.42. The van der Waals surface area contributed by atoms with Gasteiger partial charge in [-0.15, -0.1) is 0 Å². The van der Waals surface area contributed by atoms with E-state index in [0.717, 1.165) is 11.0 Å². The molecule has 3 amide bonds. The number of fused-ring (bicyclic) bond motifs is 1. The number of halogens is 9. The number of hydrogen-bond acceptors (Lipinski definition) is 3. The number of carbonyl (C=O) groups is 2. The molecular weight excluding hydrogens is 549 g/mol. The van der Waals surface area contributed by atoms with Gasteiger partial charge in [0.2, 0.25) is 0 Å². The molecule has 2 aromatic carbocycles. The minimum absolute atomic E-state index is 0.0635. The van der Waals surface area contributed by atoms with Crippen molar-refractivity contribution < 1.29 is 53.8 Å². The molecule has 0 bridgehead atoms. The standard InChI is InChI=1S/C24H22F9N3O3/c1-3-39-21(38)36-12(2)6-19(17-10-14(22(25,26)27)4-5-18(17)36)35(20(34)37)11-13-7-15(23(28,29)30)9-16(8-13)24(31,32)33/h4-5,7-10,12,19H,3,6,11H2,1-2H3,(H2,34,37)/t12-,19+/m1/s1. The van der Waals surface area contributed by atoms with Crippen molar-refractivity contribution in [3.63, 3.8) is 0 Å². The molecule has 15 heteroatoms. The summed E-state index contributed by atoms with van der Waals surface area (Å²) in [5, 5.41) is 0. The number of amides is 3. The van der Waals surface area contributed by atoms with Crippen molar-refractivity contribution in [2.45, 2.75) is 57.4 Å². The Morgan fingerprint density at radius 3 is 1.92 bits per heavy atom. The first kappa shape index (κ1) is 29.9. The number of carbonyl (C=O) groups excluding carboxylic acids is 2. The van der Waals surface area contributed by atoms with Gasteiger partial charge < -0.3 is 15.4 Å². The van der Waals surface area contributed by atoms with E-state index in [1.807, 2.05) is 0 Å². The third kappa shape index (κ3) is 6.50. The van der Waals surface area contributed by atoms with Crippen LogP contribution in [0.4, 0.5) is 54.8 Å². The molecule has 3 rings (SSSR count). The van der Waals surface area contributed by atoms with Crippen molar-refractivity contribution in [2.24, 2.45) is 5.73 Å². The van der Waals surface area contributed by atoms with Crippen molar-refractivity contribution >= 4 is 17.8 Å². The van der Waals surface area contributed by atoms with Crippen molar-refractivity contribution in [2.75, 3.05) is 11.5 Å². The second kappa shape index (κ2) is 10.5. The van der Waals surface area contributed by atoms with E-state index in [4.69, 9.17) is 10.5 Å². The number of primary amides is 1. The molecule has 0 fully saturated rings. The predicted octanol–water partition coefficient (Wildman–Crippen LogP) is 7.12. The van der Waals surface area contributed by atoms with Gasteiger partial charge in [-0.2, -0.15) is 39.5 Å². The van der Waals surface area contributed by atoms with Crippen molar-refractivity contribution in [3.8, 4) is 0 Å². The van der Waals surface area contributed by atoms with Crippen LogP contribution in [0.15, 0.2) is 36.4 Å². The van der Waals surface area contributed by atoms with Gasteiger partial charge in [-0.3, -0.25) is 4.90 Å². The topological polar surface area (TPSA) is 75.9 Å². The van der Waals surface area contributed by atoms with Crippen molar-refractivity contribution in [1.29, 1.82) is 0 Å². The largest absolute Gasteiger partial charge is 0.449 e. The summed E-state index contributed by atoms with van der Waals surface area (Å²) in [7, 11) is 0. The average molecular weight is 571 g/mol. The van der Waals surface area contributed by atoms with E-state index in [1.54, 1.807) is 0 Å². The summed E-state index contributed by atoms with van der Waals surface area (Å²) in [6.07, 6.45) is -16.3. The second-order valence-corrected chi connectivity index (χ2v) is 8.82. The number of alkyl halides is 9. The van der Waals surface area contributed by atoms with E-state index >= 15 is 0 Å². The van der Waals surface area contributed by atoms with Crippen LogP contribution in [0.5, 0.6) is 0 Å². The molecule has 6 nitrogen and oxygen atoms in total. The number of ether oxygens (including phenoxy) is 1. The highest BCUT2D eigenvalue weighted by molar-refractivity contribution is 5.90. The summed E-state index contributed by atoms with van der Waals surface area (Å²) in [5.41, 5.74) is 0.0816. The molecule has 2 atom stereocenters. The van der Waals surface area contributed by atoms with E-state index in [0.29, 0.717) is 29.2 Å². The normalized spacial score (nSPS) is 18.0. The second-order valence-electron chi connectivity index (χ2n) is 8.82. The molecule has 39 heavy (non-hydrogen) atoms. The zero-order chi connectivity index (χ0) is 29.5. The number of hydrogen-bond donors (Lipinski definition) is 1. The first-order valence-electron chi connectivity index (χ1n) is 11.4. The highest BCUT2D eigenvalue weighted by atomic mass is 19.4. The Morgan fingerprint density at radius 1 is 0.923 bits per heavy atom. The number of anilines is 1. The van der Waals surface area contributed by atoms with Crippen LogP contribution in [0, 0.1) is 0 Å². The van der Waals surface area contributed by atoms with E-state index < -0.39 is 71.5 Å². The van der Waals surface area contributed by atoms with Crippen LogP contribution in [0.2, 0.25) is 0 Å². The molecule has 1 heterocycles. The number of urea groups is 1. The molecule has 0 unspecified atom stereocenters. The molecule has 214 valence electrons. The summed E-state index contributed by atoms with van der Waals surface area (Å²) in [6, 6.07) is -0.447. The molecule has 0 saturated carbocycles. The predicted molar refractivity (Wildman–Crippen MR) is 119 cm³/mol. The van der Waals surface area contributed by atoms with Gasteiger partial charge in [-0.1, -0.05) is 0 Å². The number of nitrogens with two attached hydrogens (primary N) is 1. The number of benzene rings is 2. The number of rotatable bonds is 4. The molecule has 1 aliphatic rings.